The zero-order valence-electron chi connectivity index (χ0n) is 11.9. The number of nitrogens with one attached hydrogen (secondary N) is 1. The van der Waals surface area contributed by atoms with E-state index >= 15 is 0 Å². The fraction of sp³-hybridized carbons (Fsp3) is 0.929. The second-order valence-electron chi connectivity index (χ2n) is 5.11. The zero-order valence-corrected chi connectivity index (χ0v) is 12.7. The molecule has 0 atom stereocenters. The quantitative estimate of drug-likeness (QED) is 0.776. The Balaban J connectivity index is 0.00000289. The first-order chi connectivity index (χ1) is 8.27. The Morgan fingerprint density at radius 2 is 1.72 bits per heavy atom. The molecule has 0 aromatic carbocycles. The minimum Gasteiger partial charge on any atom is -0.343 e. The normalized spacial score (nSPS) is 16.1. The van der Waals surface area contributed by atoms with Gasteiger partial charge >= 0.3 is 0 Å². The minimum absolute atomic E-state index is 0. The van der Waals surface area contributed by atoms with Crippen LogP contribution in [0.4, 0.5) is 0 Å². The van der Waals surface area contributed by atoms with Crippen LogP contribution in [0.5, 0.6) is 0 Å². The number of carbonyl (C=O) groups excluding carboxylic acids is 1. The van der Waals surface area contributed by atoms with E-state index in [0.29, 0.717) is 5.91 Å². The molecule has 1 N–H and O–H groups in total. The molecule has 1 aliphatic heterocycles. The highest BCUT2D eigenvalue weighted by molar-refractivity contribution is 5.85. The maximum atomic E-state index is 12.1. The summed E-state index contributed by atoms with van der Waals surface area (Å²) in [6.45, 7) is 8.41. The number of piperidine rings is 1. The van der Waals surface area contributed by atoms with E-state index in [2.05, 4.69) is 19.2 Å². The summed E-state index contributed by atoms with van der Waals surface area (Å²) in [7, 11) is 0. The predicted octanol–water partition coefficient (Wildman–Crippen LogP) is 2.84. The zero-order chi connectivity index (χ0) is 12.5. The number of carbonyl (C=O) groups is 1. The molecule has 1 saturated heterocycles. The van der Waals surface area contributed by atoms with Crippen LogP contribution in [0, 0.1) is 5.92 Å². The Kier molecular flexibility index (Phi) is 10.5. The molecule has 1 aliphatic rings. The Hall–Kier alpha value is -0.280. The summed E-state index contributed by atoms with van der Waals surface area (Å²) < 4.78 is 0. The van der Waals surface area contributed by atoms with Crippen molar-refractivity contribution in [3.8, 4) is 0 Å². The summed E-state index contributed by atoms with van der Waals surface area (Å²) in [4.78, 5) is 14.1. The second-order valence-corrected chi connectivity index (χ2v) is 5.11. The van der Waals surface area contributed by atoms with Crippen LogP contribution >= 0.6 is 12.4 Å². The molecule has 1 amide bonds. The number of nitrogens with zero attached hydrogens (tertiary/aromatic N) is 1. The topological polar surface area (TPSA) is 32.3 Å². The van der Waals surface area contributed by atoms with E-state index in [9.17, 15) is 4.79 Å². The maximum absolute atomic E-state index is 12.1. The molecule has 1 rings (SSSR count). The second kappa shape index (κ2) is 10.6. The summed E-state index contributed by atoms with van der Waals surface area (Å²) in [5.74, 6) is 1.14. The van der Waals surface area contributed by atoms with E-state index in [-0.39, 0.29) is 12.4 Å². The lowest BCUT2D eigenvalue weighted by atomic mass is 9.93. The summed E-state index contributed by atoms with van der Waals surface area (Å²) in [6, 6.07) is 0. The van der Waals surface area contributed by atoms with Gasteiger partial charge in [-0.3, -0.25) is 4.79 Å². The van der Waals surface area contributed by atoms with Gasteiger partial charge in [0.15, 0.2) is 0 Å². The van der Waals surface area contributed by atoms with Crippen molar-refractivity contribution in [1.29, 1.82) is 0 Å². The van der Waals surface area contributed by atoms with E-state index in [4.69, 9.17) is 0 Å². The van der Waals surface area contributed by atoms with Gasteiger partial charge in [-0.05, 0) is 51.1 Å². The van der Waals surface area contributed by atoms with Gasteiger partial charge in [0.05, 0.1) is 0 Å². The van der Waals surface area contributed by atoms with Crippen LogP contribution < -0.4 is 5.32 Å². The van der Waals surface area contributed by atoms with E-state index in [1.165, 1.54) is 12.8 Å². The molecule has 0 radical (unpaired) electrons. The van der Waals surface area contributed by atoms with Gasteiger partial charge in [-0.25, -0.2) is 0 Å². The number of amides is 1. The average Bonchev–Trinajstić information content (AvgIpc) is 2.37. The summed E-state index contributed by atoms with van der Waals surface area (Å²) in [5, 5.41) is 3.37. The molecule has 18 heavy (non-hydrogen) atoms. The number of hydrogen-bond donors (Lipinski definition) is 1. The van der Waals surface area contributed by atoms with E-state index in [1.54, 1.807) is 0 Å². The standard InChI is InChI=1S/C14H28N2O.ClH/c1-3-11-16(12-4-2)14(17)6-5-13-7-9-15-10-8-13;/h13,15H,3-12H2,1-2H3;1H. The lowest BCUT2D eigenvalue weighted by Gasteiger charge is -2.25. The van der Waals surface area contributed by atoms with Gasteiger partial charge in [-0.15, -0.1) is 12.4 Å². The number of hydrogen-bond acceptors (Lipinski definition) is 2. The van der Waals surface area contributed by atoms with Crippen LogP contribution in [0.15, 0.2) is 0 Å². The van der Waals surface area contributed by atoms with Crippen molar-refractivity contribution >= 4 is 18.3 Å². The lowest BCUT2D eigenvalue weighted by Crippen LogP contribution is -2.33. The molecule has 4 heteroatoms. The molecule has 3 nitrogen and oxygen atoms in total. The third-order valence-corrected chi connectivity index (χ3v) is 3.56. The van der Waals surface area contributed by atoms with Gasteiger partial charge in [0.1, 0.15) is 0 Å². The van der Waals surface area contributed by atoms with Gasteiger partial charge in [0.25, 0.3) is 0 Å². The van der Waals surface area contributed by atoms with Gasteiger partial charge in [-0.2, -0.15) is 0 Å². The smallest absolute Gasteiger partial charge is 0.222 e. The Bertz CT molecular complexity index is 212. The van der Waals surface area contributed by atoms with Crippen molar-refractivity contribution in [3.63, 3.8) is 0 Å². The molecule has 0 unspecified atom stereocenters. The van der Waals surface area contributed by atoms with E-state index in [0.717, 1.165) is 57.8 Å². The first kappa shape index (κ1) is 17.7. The molecule has 0 aliphatic carbocycles. The van der Waals surface area contributed by atoms with Gasteiger partial charge in [0, 0.05) is 19.5 Å². The van der Waals surface area contributed by atoms with Crippen molar-refractivity contribution in [1.82, 2.24) is 10.2 Å². The molecule has 0 spiro atoms. The van der Waals surface area contributed by atoms with E-state index in [1.807, 2.05) is 4.90 Å². The SMILES string of the molecule is CCCN(CCC)C(=O)CCC1CCNCC1.Cl. The molecule has 1 fully saturated rings. The van der Waals surface area contributed by atoms with Crippen molar-refractivity contribution in [2.75, 3.05) is 26.2 Å². The molecule has 0 aromatic heterocycles. The highest BCUT2D eigenvalue weighted by Gasteiger charge is 2.17. The van der Waals surface area contributed by atoms with Crippen LogP contribution in [0.25, 0.3) is 0 Å². The third kappa shape index (κ3) is 6.60. The van der Waals surface area contributed by atoms with Gasteiger partial charge < -0.3 is 10.2 Å². The highest BCUT2D eigenvalue weighted by Crippen LogP contribution is 2.18. The van der Waals surface area contributed by atoms with Crippen molar-refractivity contribution in [2.45, 2.75) is 52.4 Å². The molecule has 0 bridgehead atoms. The van der Waals surface area contributed by atoms with Gasteiger partial charge in [0.2, 0.25) is 5.91 Å². The fourth-order valence-electron chi connectivity index (χ4n) is 2.56. The van der Waals surface area contributed by atoms with Crippen LogP contribution in [-0.2, 0) is 4.79 Å². The minimum atomic E-state index is 0. The van der Waals surface area contributed by atoms with Crippen molar-refractivity contribution in [2.24, 2.45) is 5.92 Å². The molecule has 1 heterocycles. The molecule has 0 saturated carbocycles. The monoisotopic (exact) mass is 276 g/mol. The molecule has 108 valence electrons. The predicted molar refractivity (Wildman–Crippen MR) is 79.2 cm³/mol. The molecule has 0 aromatic rings. The molecular weight excluding hydrogens is 248 g/mol. The van der Waals surface area contributed by atoms with Crippen LogP contribution in [0.2, 0.25) is 0 Å². The van der Waals surface area contributed by atoms with Crippen molar-refractivity contribution < 1.29 is 4.79 Å². The Morgan fingerprint density at radius 1 is 1.17 bits per heavy atom. The first-order valence-electron chi connectivity index (χ1n) is 7.26. The highest BCUT2D eigenvalue weighted by atomic mass is 35.5. The summed E-state index contributed by atoms with van der Waals surface area (Å²) >= 11 is 0. The number of halogens is 1. The van der Waals surface area contributed by atoms with Gasteiger partial charge in [-0.1, -0.05) is 13.8 Å². The maximum Gasteiger partial charge on any atom is 0.222 e. The van der Waals surface area contributed by atoms with Crippen LogP contribution in [-0.4, -0.2) is 37.0 Å². The largest absolute Gasteiger partial charge is 0.343 e. The third-order valence-electron chi connectivity index (χ3n) is 3.56. The van der Waals surface area contributed by atoms with E-state index < -0.39 is 0 Å². The average molecular weight is 277 g/mol. The Morgan fingerprint density at radius 3 is 2.22 bits per heavy atom. The summed E-state index contributed by atoms with van der Waals surface area (Å²) in [5.41, 5.74) is 0. The summed E-state index contributed by atoms with van der Waals surface area (Å²) in [6.07, 6.45) is 6.47. The lowest BCUT2D eigenvalue weighted by molar-refractivity contribution is -0.131. The number of rotatable bonds is 7. The van der Waals surface area contributed by atoms with Crippen LogP contribution in [0.1, 0.15) is 52.4 Å². The first-order valence-corrected chi connectivity index (χ1v) is 7.26. The van der Waals surface area contributed by atoms with Crippen LogP contribution in [0.3, 0.4) is 0 Å². The Labute approximate surface area is 118 Å². The van der Waals surface area contributed by atoms with Crippen molar-refractivity contribution in [3.05, 3.63) is 0 Å². The fourth-order valence-corrected chi connectivity index (χ4v) is 2.56. The molecular formula is C14H29ClN2O.